The molecule has 0 bridgehead atoms. The Labute approximate surface area is 104 Å². The second-order valence-electron chi connectivity index (χ2n) is 4.73. The molecule has 0 saturated carbocycles. The predicted molar refractivity (Wildman–Crippen MR) is 67.5 cm³/mol. The van der Waals surface area contributed by atoms with Gasteiger partial charge in [0.05, 0.1) is 0 Å². The fourth-order valence-electron chi connectivity index (χ4n) is 2.71. The zero-order valence-electron chi connectivity index (χ0n) is 9.89. The van der Waals surface area contributed by atoms with Gasteiger partial charge in [-0.05, 0) is 36.9 Å². The van der Waals surface area contributed by atoms with Crippen molar-refractivity contribution in [1.29, 1.82) is 0 Å². The lowest BCUT2D eigenvalue weighted by atomic mass is 9.86. The minimum atomic E-state index is -0.766. The maximum absolute atomic E-state index is 11.1. The Bertz CT molecular complexity index is 578. The van der Waals surface area contributed by atoms with E-state index < -0.39 is 12.0 Å². The van der Waals surface area contributed by atoms with Gasteiger partial charge in [-0.15, -0.1) is 0 Å². The summed E-state index contributed by atoms with van der Waals surface area (Å²) in [6, 6.07) is 1.50. The third kappa shape index (κ3) is 1.86. The molecule has 3 N–H and O–H groups in total. The molecule has 2 atom stereocenters. The monoisotopic (exact) mass is 245 g/mol. The van der Waals surface area contributed by atoms with Gasteiger partial charge in [0.1, 0.15) is 6.04 Å². The maximum Gasteiger partial charge on any atom is 0.320 e. The van der Waals surface area contributed by atoms with E-state index in [2.05, 4.69) is 15.3 Å². The quantitative estimate of drug-likeness (QED) is 0.749. The van der Waals surface area contributed by atoms with Crippen LogP contribution in [0.5, 0.6) is 0 Å². The third-order valence-corrected chi connectivity index (χ3v) is 3.66. The van der Waals surface area contributed by atoms with E-state index in [-0.39, 0.29) is 5.92 Å². The van der Waals surface area contributed by atoms with Crippen LogP contribution in [0, 0.1) is 0 Å². The Balaban J connectivity index is 1.92. The lowest BCUT2D eigenvalue weighted by Crippen LogP contribution is -2.42. The molecule has 2 aromatic rings. The van der Waals surface area contributed by atoms with Crippen molar-refractivity contribution in [2.24, 2.45) is 0 Å². The number of carbonyl (C=O) groups is 1. The van der Waals surface area contributed by atoms with Gasteiger partial charge >= 0.3 is 5.97 Å². The summed E-state index contributed by atoms with van der Waals surface area (Å²) in [4.78, 5) is 18.4. The van der Waals surface area contributed by atoms with E-state index in [1.807, 2.05) is 18.5 Å². The molecule has 3 rings (SSSR count). The Kier molecular flexibility index (Phi) is 2.76. The molecule has 1 aliphatic heterocycles. The molecule has 0 spiro atoms. The Morgan fingerprint density at radius 1 is 1.50 bits per heavy atom. The van der Waals surface area contributed by atoms with Gasteiger partial charge in [0.15, 0.2) is 0 Å². The summed E-state index contributed by atoms with van der Waals surface area (Å²) < 4.78 is 0. The van der Waals surface area contributed by atoms with Crippen LogP contribution in [0.3, 0.4) is 0 Å². The van der Waals surface area contributed by atoms with Gasteiger partial charge in [-0.2, -0.15) is 0 Å². The summed E-state index contributed by atoms with van der Waals surface area (Å²) >= 11 is 0. The van der Waals surface area contributed by atoms with Gasteiger partial charge in [-0.25, -0.2) is 0 Å². The Morgan fingerprint density at radius 3 is 3.22 bits per heavy atom. The van der Waals surface area contributed by atoms with Gasteiger partial charge < -0.3 is 15.4 Å². The van der Waals surface area contributed by atoms with Gasteiger partial charge in [-0.1, -0.05) is 0 Å². The van der Waals surface area contributed by atoms with Crippen LogP contribution in [-0.4, -0.2) is 33.6 Å². The number of aromatic amines is 1. The summed E-state index contributed by atoms with van der Waals surface area (Å²) in [6.45, 7) is 0.745. The molecule has 1 saturated heterocycles. The molecule has 94 valence electrons. The molecular weight excluding hydrogens is 230 g/mol. The van der Waals surface area contributed by atoms with Crippen molar-refractivity contribution in [3.05, 3.63) is 30.2 Å². The fourth-order valence-corrected chi connectivity index (χ4v) is 2.71. The predicted octanol–water partition coefficient (Wildman–Crippen LogP) is 1.48. The molecule has 3 heterocycles. The Hall–Kier alpha value is -1.88. The number of piperidine rings is 1. The number of H-pyrrole nitrogens is 1. The van der Waals surface area contributed by atoms with Gasteiger partial charge in [0.2, 0.25) is 0 Å². The molecule has 18 heavy (non-hydrogen) atoms. The molecule has 0 aliphatic carbocycles. The minimum Gasteiger partial charge on any atom is -0.480 e. The number of hydrogen-bond acceptors (Lipinski definition) is 3. The summed E-state index contributed by atoms with van der Waals surface area (Å²) in [5, 5.41) is 13.2. The highest BCUT2D eigenvalue weighted by atomic mass is 16.4. The number of pyridine rings is 1. The number of aromatic nitrogens is 2. The number of aliphatic carboxylic acids is 1. The van der Waals surface area contributed by atoms with Crippen LogP contribution in [-0.2, 0) is 4.79 Å². The van der Waals surface area contributed by atoms with Crippen LogP contribution in [0.15, 0.2) is 24.7 Å². The molecule has 0 radical (unpaired) electrons. The average Bonchev–Trinajstić information content (AvgIpc) is 2.82. The largest absolute Gasteiger partial charge is 0.480 e. The van der Waals surface area contributed by atoms with Crippen LogP contribution < -0.4 is 5.32 Å². The van der Waals surface area contributed by atoms with Gasteiger partial charge in [0.25, 0.3) is 0 Å². The number of nitrogens with one attached hydrogen (secondary N) is 2. The minimum absolute atomic E-state index is 0.283. The first-order valence-corrected chi connectivity index (χ1v) is 6.13. The highest BCUT2D eigenvalue weighted by Crippen LogP contribution is 2.32. The molecule has 5 nitrogen and oxygen atoms in total. The highest BCUT2D eigenvalue weighted by molar-refractivity contribution is 5.83. The van der Waals surface area contributed by atoms with E-state index in [0.29, 0.717) is 6.42 Å². The van der Waals surface area contributed by atoms with Crippen LogP contribution in [0.4, 0.5) is 0 Å². The van der Waals surface area contributed by atoms with E-state index in [0.717, 1.165) is 23.9 Å². The summed E-state index contributed by atoms with van der Waals surface area (Å²) in [6.07, 6.45) is 7.19. The smallest absolute Gasteiger partial charge is 0.320 e. The van der Waals surface area contributed by atoms with Crippen molar-refractivity contribution in [2.75, 3.05) is 6.54 Å². The molecule has 0 aromatic carbocycles. The van der Waals surface area contributed by atoms with E-state index >= 15 is 0 Å². The van der Waals surface area contributed by atoms with E-state index in [9.17, 15) is 4.79 Å². The first kappa shape index (κ1) is 11.2. The van der Waals surface area contributed by atoms with Crippen LogP contribution >= 0.6 is 0 Å². The molecule has 1 aliphatic rings. The SMILES string of the molecule is O=C(O)C1CC(c2c[nH]c3ccncc23)CCN1. The number of fused-ring (bicyclic) bond motifs is 1. The van der Waals surface area contributed by atoms with Crippen molar-refractivity contribution in [3.63, 3.8) is 0 Å². The summed E-state index contributed by atoms with van der Waals surface area (Å²) in [7, 11) is 0. The first-order valence-electron chi connectivity index (χ1n) is 6.13. The number of rotatable bonds is 2. The van der Waals surface area contributed by atoms with Crippen molar-refractivity contribution in [3.8, 4) is 0 Å². The molecular formula is C13H15N3O2. The van der Waals surface area contributed by atoms with E-state index in [1.54, 1.807) is 6.20 Å². The topological polar surface area (TPSA) is 78.0 Å². The van der Waals surface area contributed by atoms with Crippen molar-refractivity contribution in [1.82, 2.24) is 15.3 Å². The number of carboxylic acid groups (broad SMARTS) is 1. The van der Waals surface area contributed by atoms with Crippen molar-refractivity contribution >= 4 is 16.9 Å². The Morgan fingerprint density at radius 2 is 2.39 bits per heavy atom. The van der Waals surface area contributed by atoms with Crippen molar-refractivity contribution < 1.29 is 9.90 Å². The van der Waals surface area contributed by atoms with E-state index in [1.165, 1.54) is 5.56 Å². The first-order chi connectivity index (χ1) is 8.75. The fraction of sp³-hybridized carbons (Fsp3) is 0.385. The maximum atomic E-state index is 11.1. The lowest BCUT2D eigenvalue weighted by molar-refractivity contribution is -0.140. The number of carboxylic acids is 1. The van der Waals surface area contributed by atoms with Gasteiger partial charge in [0, 0.05) is 29.5 Å². The molecule has 2 unspecified atom stereocenters. The zero-order chi connectivity index (χ0) is 12.5. The molecule has 0 amide bonds. The van der Waals surface area contributed by atoms with E-state index in [4.69, 9.17) is 5.11 Å². The average molecular weight is 245 g/mol. The van der Waals surface area contributed by atoms with Crippen LogP contribution in [0.1, 0.15) is 24.3 Å². The summed E-state index contributed by atoms with van der Waals surface area (Å²) in [5.41, 5.74) is 2.25. The second-order valence-corrected chi connectivity index (χ2v) is 4.73. The molecule has 1 fully saturated rings. The zero-order valence-corrected chi connectivity index (χ0v) is 9.89. The van der Waals surface area contributed by atoms with Crippen molar-refractivity contribution in [2.45, 2.75) is 24.8 Å². The lowest BCUT2D eigenvalue weighted by Gasteiger charge is -2.27. The molecule has 2 aromatic heterocycles. The van der Waals surface area contributed by atoms with Crippen LogP contribution in [0.25, 0.3) is 10.9 Å². The number of nitrogens with zero attached hydrogens (tertiary/aromatic N) is 1. The second kappa shape index (κ2) is 4.42. The molecule has 5 heteroatoms. The van der Waals surface area contributed by atoms with Gasteiger partial charge in [-0.3, -0.25) is 9.78 Å². The van der Waals surface area contributed by atoms with Crippen LogP contribution in [0.2, 0.25) is 0 Å². The standard InChI is InChI=1S/C13H15N3O2/c17-13(18)12-5-8(1-4-15-12)9-7-16-11-2-3-14-6-10(9)11/h2-3,6-8,12,15-16H,1,4-5H2,(H,17,18). The summed E-state index contributed by atoms with van der Waals surface area (Å²) in [5.74, 6) is -0.483. The normalized spacial score (nSPS) is 24.2. The number of hydrogen-bond donors (Lipinski definition) is 3. The third-order valence-electron chi connectivity index (χ3n) is 3.66. The highest BCUT2D eigenvalue weighted by Gasteiger charge is 2.28.